The molecule has 1 aliphatic rings. The summed E-state index contributed by atoms with van der Waals surface area (Å²) in [5.74, 6) is 0.201. The van der Waals surface area contributed by atoms with E-state index < -0.39 is 12.0 Å². The second-order valence-electron chi connectivity index (χ2n) is 4.97. The first kappa shape index (κ1) is 16.8. The second kappa shape index (κ2) is 7.64. The van der Waals surface area contributed by atoms with Crippen LogP contribution in [0.4, 0.5) is 4.79 Å². The van der Waals surface area contributed by atoms with Crippen molar-refractivity contribution < 1.29 is 23.8 Å². The fourth-order valence-electron chi connectivity index (χ4n) is 2.31. The summed E-state index contributed by atoms with van der Waals surface area (Å²) >= 11 is 0. The molecule has 0 aliphatic carbocycles. The number of benzene rings is 1. The lowest BCUT2D eigenvalue weighted by Crippen LogP contribution is -2.45. The second-order valence-corrected chi connectivity index (χ2v) is 4.97. The zero-order valence-electron chi connectivity index (χ0n) is 13.3. The molecule has 0 spiro atoms. The third-order valence-corrected chi connectivity index (χ3v) is 3.46. The van der Waals surface area contributed by atoms with E-state index in [-0.39, 0.29) is 12.6 Å². The Morgan fingerprint density at radius 1 is 1.17 bits per heavy atom. The van der Waals surface area contributed by atoms with Crippen LogP contribution in [-0.2, 0) is 14.3 Å². The first-order chi connectivity index (χ1) is 11.1. The van der Waals surface area contributed by atoms with E-state index >= 15 is 0 Å². The van der Waals surface area contributed by atoms with Crippen molar-refractivity contribution in [2.24, 2.45) is 0 Å². The molecule has 0 saturated carbocycles. The molecule has 23 heavy (non-hydrogen) atoms. The molecule has 0 saturated heterocycles. The van der Waals surface area contributed by atoms with Crippen molar-refractivity contribution in [3.8, 4) is 5.75 Å². The maximum Gasteiger partial charge on any atom is 0.338 e. The molecule has 2 amide bonds. The van der Waals surface area contributed by atoms with Crippen LogP contribution < -0.4 is 15.4 Å². The fraction of sp³-hybridized carbons (Fsp3) is 0.375. The fourth-order valence-corrected chi connectivity index (χ4v) is 2.31. The molecule has 0 unspecified atom stereocenters. The molecular formula is C16H20N2O5. The van der Waals surface area contributed by atoms with Crippen molar-refractivity contribution in [2.45, 2.75) is 13.0 Å². The Morgan fingerprint density at radius 3 is 2.48 bits per heavy atom. The minimum atomic E-state index is -0.579. The predicted octanol–water partition coefficient (Wildman–Crippen LogP) is 1.51. The highest BCUT2D eigenvalue weighted by atomic mass is 16.6. The van der Waals surface area contributed by atoms with Crippen LogP contribution in [-0.4, -0.2) is 39.4 Å². The zero-order chi connectivity index (χ0) is 16.8. The number of carbonyl (C=O) groups excluding carboxylic acids is 2. The van der Waals surface area contributed by atoms with E-state index in [1.54, 1.807) is 38.3 Å². The normalized spacial score (nSPS) is 17.3. The monoisotopic (exact) mass is 320 g/mol. The average Bonchev–Trinajstić information content (AvgIpc) is 2.54. The van der Waals surface area contributed by atoms with Gasteiger partial charge in [-0.3, -0.25) is 0 Å². The van der Waals surface area contributed by atoms with Gasteiger partial charge >= 0.3 is 12.0 Å². The molecule has 0 radical (unpaired) electrons. The van der Waals surface area contributed by atoms with E-state index in [1.807, 2.05) is 0 Å². The summed E-state index contributed by atoms with van der Waals surface area (Å²) in [5.41, 5.74) is 1.60. The molecule has 1 aromatic carbocycles. The number of methoxy groups -OCH3 is 2. The molecule has 1 heterocycles. The van der Waals surface area contributed by atoms with Crippen LogP contribution in [0.25, 0.3) is 0 Å². The Bertz CT molecular complexity index is 609. The molecular weight excluding hydrogens is 300 g/mol. The number of urea groups is 1. The SMILES string of the molecule is COCCOC(=O)C1=C(C)NC(=O)N[C@H]1c1ccc(OC)cc1. The first-order valence-electron chi connectivity index (χ1n) is 7.15. The minimum Gasteiger partial charge on any atom is -0.497 e. The van der Waals surface area contributed by atoms with Crippen LogP contribution in [0.1, 0.15) is 18.5 Å². The van der Waals surface area contributed by atoms with Crippen molar-refractivity contribution in [2.75, 3.05) is 27.4 Å². The third-order valence-electron chi connectivity index (χ3n) is 3.46. The van der Waals surface area contributed by atoms with E-state index in [0.29, 0.717) is 23.6 Å². The highest BCUT2D eigenvalue weighted by molar-refractivity contribution is 5.95. The highest BCUT2D eigenvalue weighted by Crippen LogP contribution is 2.28. The van der Waals surface area contributed by atoms with Gasteiger partial charge in [0.25, 0.3) is 0 Å². The Labute approximate surface area is 134 Å². The maximum atomic E-state index is 12.3. The van der Waals surface area contributed by atoms with Crippen molar-refractivity contribution in [3.63, 3.8) is 0 Å². The van der Waals surface area contributed by atoms with Crippen LogP contribution in [0, 0.1) is 0 Å². The number of allylic oxidation sites excluding steroid dienone is 1. The Kier molecular flexibility index (Phi) is 5.59. The predicted molar refractivity (Wildman–Crippen MR) is 82.9 cm³/mol. The summed E-state index contributed by atoms with van der Waals surface area (Å²) in [7, 11) is 3.10. The Morgan fingerprint density at radius 2 is 1.87 bits per heavy atom. The minimum absolute atomic E-state index is 0.148. The molecule has 1 aliphatic heterocycles. The van der Waals surface area contributed by atoms with Gasteiger partial charge in [-0.2, -0.15) is 0 Å². The third kappa shape index (κ3) is 4.01. The van der Waals surface area contributed by atoms with Gasteiger partial charge in [0.2, 0.25) is 0 Å². The van der Waals surface area contributed by atoms with Crippen LogP contribution in [0.5, 0.6) is 5.75 Å². The lowest BCUT2D eigenvalue weighted by molar-refractivity contribution is -0.140. The summed E-state index contributed by atoms with van der Waals surface area (Å²) in [6, 6.07) is 6.19. The number of ether oxygens (including phenoxy) is 3. The molecule has 7 heteroatoms. The lowest BCUT2D eigenvalue weighted by atomic mass is 9.95. The molecule has 2 N–H and O–H groups in total. The van der Waals surface area contributed by atoms with Gasteiger partial charge in [-0.15, -0.1) is 0 Å². The summed E-state index contributed by atoms with van der Waals surface area (Å²) < 4.78 is 15.2. The van der Waals surface area contributed by atoms with Gasteiger partial charge < -0.3 is 24.8 Å². The molecule has 0 fully saturated rings. The van der Waals surface area contributed by atoms with E-state index in [1.165, 1.54) is 7.11 Å². The number of hydrogen-bond donors (Lipinski definition) is 2. The van der Waals surface area contributed by atoms with Crippen LogP contribution in [0.2, 0.25) is 0 Å². The van der Waals surface area contributed by atoms with Crippen molar-refractivity contribution >= 4 is 12.0 Å². The lowest BCUT2D eigenvalue weighted by Gasteiger charge is -2.28. The molecule has 1 aromatic rings. The van der Waals surface area contributed by atoms with Crippen molar-refractivity contribution in [3.05, 3.63) is 41.1 Å². The van der Waals surface area contributed by atoms with E-state index in [2.05, 4.69) is 10.6 Å². The molecule has 0 bridgehead atoms. The van der Waals surface area contributed by atoms with Gasteiger partial charge in [0.1, 0.15) is 12.4 Å². The first-order valence-corrected chi connectivity index (χ1v) is 7.15. The zero-order valence-corrected chi connectivity index (χ0v) is 13.3. The van der Waals surface area contributed by atoms with E-state index in [4.69, 9.17) is 14.2 Å². The Hall–Kier alpha value is -2.54. The molecule has 124 valence electrons. The van der Waals surface area contributed by atoms with Gasteiger partial charge in [-0.1, -0.05) is 12.1 Å². The Balaban J connectivity index is 2.27. The van der Waals surface area contributed by atoms with Gasteiger partial charge in [-0.25, -0.2) is 9.59 Å². The number of hydrogen-bond acceptors (Lipinski definition) is 5. The van der Waals surface area contributed by atoms with Crippen LogP contribution >= 0.6 is 0 Å². The van der Waals surface area contributed by atoms with Gasteiger partial charge in [0.05, 0.1) is 25.3 Å². The quantitative estimate of drug-likeness (QED) is 0.613. The van der Waals surface area contributed by atoms with E-state index in [0.717, 1.165) is 5.56 Å². The largest absolute Gasteiger partial charge is 0.497 e. The van der Waals surface area contributed by atoms with Crippen molar-refractivity contribution in [1.82, 2.24) is 10.6 Å². The molecule has 2 rings (SSSR count). The molecule has 1 atom stereocenters. The summed E-state index contributed by atoms with van der Waals surface area (Å²) in [6.07, 6.45) is 0. The van der Waals surface area contributed by atoms with Crippen LogP contribution in [0.15, 0.2) is 35.5 Å². The summed E-state index contributed by atoms with van der Waals surface area (Å²) in [4.78, 5) is 24.1. The number of amides is 2. The highest BCUT2D eigenvalue weighted by Gasteiger charge is 2.32. The number of nitrogens with one attached hydrogen (secondary N) is 2. The molecule has 7 nitrogen and oxygen atoms in total. The molecule has 0 aromatic heterocycles. The topological polar surface area (TPSA) is 85.9 Å². The maximum absolute atomic E-state index is 12.3. The summed E-state index contributed by atoms with van der Waals surface area (Å²) in [5, 5.41) is 5.34. The standard InChI is InChI=1S/C16H20N2O5/c1-10-13(15(19)23-9-8-21-2)14(18-16(20)17-10)11-4-6-12(22-3)7-5-11/h4-7,14H,8-9H2,1-3H3,(H2,17,18,20)/t14-/m0/s1. The van der Waals surface area contributed by atoms with Gasteiger partial charge in [0.15, 0.2) is 0 Å². The van der Waals surface area contributed by atoms with Gasteiger partial charge in [0, 0.05) is 12.8 Å². The number of rotatable bonds is 6. The van der Waals surface area contributed by atoms with Crippen molar-refractivity contribution in [1.29, 1.82) is 0 Å². The van der Waals surface area contributed by atoms with Crippen LogP contribution in [0.3, 0.4) is 0 Å². The average molecular weight is 320 g/mol. The number of esters is 1. The smallest absolute Gasteiger partial charge is 0.338 e. The van der Waals surface area contributed by atoms with E-state index in [9.17, 15) is 9.59 Å². The summed E-state index contributed by atoms with van der Waals surface area (Å²) in [6.45, 7) is 2.13. The van der Waals surface area contributed by atoms with Gasteiger partial charge in [-0.05, 0) is 24.6 Å². The number of carbonyl (C=O) groups is 2.